The van der Waals surface area contributed by atoms with E-state index in [2.05, 4.69) is 58.5 Å². The van der Waals surface area contributed by atoms with E-state index in [9.17, 15) is 0 Å². The zero-order valence-corrected chi connectivity index (χ0v) is 10.1. The number of nitrogens with zero attached hydrogens (tertiary/aromatic N) is 1. The van der Waals surface area contributed by atoms with Gasteiger partial charge < -0.3 is 4.98 Å². The molecule has 0 spiro atoms. The third-order valence-electron chi connectivity index (χ3n) is 4.05. The van der Waals surface area contributed by atoms with Crippen LogP contribution in [-0.2, 0) is 0 Å². The molecular weight excluding hydrogens is 232 g/mol. The molecule has 0 radical (unpaired) electrons. The molecular formula is C17H10N2. The molecule has 0 aliphatic heterocycles. The van der Waals surface area contributed by atoms with Crippen LogP contribution in [0, 0.1) is 0 Å². The minimum Gasteiger partial charge on any atom is -0.344 e. The Morgan fingerprint density at radius 3 is 2.21 bits per heavy atom. The maximum atomic E-state index is 4.51. The summed E-state index contributed by atoms with van der Waals surface area (Å²) in [6.07, 6.45) is 1.79. The standard InChI is InChI=1S/C17H10N2/c1-3-10-7-8-11-4-2-6-13-15(11)14(10)12(5-1)16-17(13)19-9-18-16/h1-9H,(H,18,19). The summed E-state index contributed by atoms with van der Waals surface area (Å²) < 4.78 is 0. The lowest BCUT2D eigenvalue weighted by Crippen LogP contribution is -1.85. The fourth-order valence-electron chi connectivity index (χ4n) is 3.27. The van der Waals surface area contributed by atoms with Crippen LogP contribution in [0.4, 0.5) is 0 Å². The quantitative estimate of drug-likeness (QED) is 0.399. The predicted molar refractivity (Wildman–Crippen MR) is 79.8 cm³/mol. The first-order chi connectivity index (χ1) is 9.43. The van der Waals surface area contributed by atoms with Gasteiger partial charge in [0.05, 0.1) is 17.4 Å². The summed E-state index contributed by atoms with van der Waals surface area (Å²) in [6, 6.07) is 17.3. The van der Waals surface area contributed by atoms with E-state index in [1.165, 1.54) is 32.3 Å². The third-order valence-corrected chi connectivity index (χ3v) is 4.05. The van der Waals surface area contributed by atoms with Crippen LogP contribution in [0.1, 0.15) is 0 Å². The number of aromatic amines is 1. The Morgan fingerprint density at radius 1 is 0.737 bits per heavy atom. The second-order valence-electron chi connectivity index (χ2n) is 5.00. The number of nitrogens with one attached hydrogen (secondary N) is 1. The van der Waals surface area contributed by atoms with Gasteiger partial charge in [-0.25, -0.2) is 4.98 Å². The molecule has 5 aromatic rings. The first-order valence-corrected chi connectivity index (χ1v) is 6.42. The third kappa shape index (κ3) is 1.01. The average Bonchev–Trinajstić information content (AvgIpc) is 2.95. The minimum atomic E-state index is 1.07. The Morgan fingerprint density at radius 2 is 1.42 bits per heavy atom. The molecule has 0 saturated carbocycles. The number of rotatable bonds is 0. The van der Waals surface area contributed by atoms with E-state index >= 15 is 0 Å². The molecule has 0 unspecified atom stereocenters. The van der Waals surface area contributed by atoms with Crippen molar-refractivity contribution in [3.05, 3.63) is 54.9 Å². The molecule has 4 aromatic carbocycles. The fourth-order valence-corrected chi connectivity index (χ4v) is 3.27. The molecule has 0 fully saturated rings. The molecule has 1 heterocycles. The van der Waals surface area contributed by atoms with Crippen molar-refractivity contribution in [1.82, 2.24) is 9.97 Å². The van der Waals surface area contributed by atoms with E-state index < -0.39 is 0 Å². The van der Waals surface area contributed by atoms with Crippen LogP contribution in [0.15, 0.2) is 54.9 Å². The molecule has 2 nitrogen and oxygen atoms in total. The number of fused-ring (bicyclic) bond motifs is 3. The van der Waals surface area contributed by atoms with Gasteiger partial charge in [-0.2, -0.15) is 0 Å². The highest BCUT2D eigenvalue weighted by Gasteiger charge is 2.13. The van der Waals surface area contributed by atoms with E-state index in [-0.39, 0.29) is 0 Å². The van der Waals surface area contributed by atoms with E-state index in [1.807, 2.05) is 0 Å². The van der Waals surface area contributed by atoms with Gasteiger partial charge in [0.1, 0.15) is 0 Å². The molecule has 1 N–H and O–H groups in total. The van der Waals surface area contributed by atoms with E-state index in [4.69, 9.17) is 0 Å². The number of imidazole rings is 1. The van der Waals surface area contributed by atoms with Gasteiger partial charge in [-0.3, -0.25) is 0 Å². The van der Waals surface area contributed by atoms with Gasteiger partial charge in [-0.05, 0) is 21.5 Å². The molecule has 5 rings (SSSR count). The molecule has 0 atom stereocenters. The summed E-state index contributed by atoms with van der Waals surface area (Å²) in [5, 5.41) is 7.73. The van der Waals surface area contributed by atoms with Crippen molar-refractivity contribution in [3.63, 3.8) is 0 Å². The summed E-state index contributed by atoms with van der Waals surface area (Å²) in [4.78, 5) is 7.80. The predicted octanol–water partition coefficient (Wildman–Crippen LogP) is 4.46. The molecule has 0 saturated heterocycles. The van der Waals surface area contributed by atoms with Gasteiger partial charge >= 0.3 is 0 Å². The first-order valence-electron chi connectivity index (χ1n) is 6.42. The maximum absolute atomic E-state index is 4.51. The summed E-state index contributed by atoms with van der Waals surface area (Å²) in [5.41, 5.74) is 2.20. The van der Waals surface area contributed by atoms with Crippen molar-refractivity contribution in [1.29, 1.82) is 0 Å². The molecule has 1 aromatic heterocycles. The highest BCUT2D eigenvalue weighted by Crippen LogP contribution is 2.38. The normalized spacial score (nSPS) is 12.2. The lowest BCUT2D eigenvalue weighted by Gasteiger charge is -2.11. The summed E-state index contributed by atoms with van der Waals surface area (Å²) in [7, 11) is 0. The van der Waals surface area contributed by atoms with Gasteiger partial charge in [0, 0.05) is 10.8 Å². The SMILES string of the molecule is c1cc2ccc3cccc4c5[nH]cnc5c(c1)c2c34. The van der Waals surface area contributed by atoms with Crippen molar-refractivity contribution < 1.29 is 0 Å². The smallest absolute Gasteiger partial charge is 0.0967 e. The zero-order valence-electron chi connectivity index (χ0n) is 10.1. The van der Waals surface area contributed by atoms with E-state index in [1.54, 1.807) is 6.33 Å². The van der Waals surface area contributed by atoms with Crippen LogP contribution in [-0.4, -0.2) is 9.97 Å². The largest absolute Gasteiger partial charge is 0.344 e. The van der Waals surface area contributed by atoms with E-state index in [0.717, 1.165) is 11.0 Å². The van der Waals surface area contributed by atoms with Crippen molar-refractivity contribution in [2.45, 2.75) is 0 Å². The molecule has 0 aliphatic rings. The zero-order chi connectivity index (χ0) is 12.4. The molecule has 0 bridgehead atoms. The molecule has 0 aliphatic carbocycles. The Labute approximate surface area is 109 Å². The topological polar surface area (TPSA) is 28.7 Å². The van der Waals surface area contributed by atoms with E-state index in [0.29, 0.717) is 0 Å². The van der Waals surface area contributed by atoms with Crippen LogP contribution in [0.2, 0.25) is 0 Å². The van der Waals surface area contributed by atoms with Crippen LogP contribution in [0.5, 0.6) is 0 Å². The maximum Gasteiger partial charge on any atom is 0.0967 e. The van der Waals surface area contributed by atoms with Gasteiger partial charge in [-0.1, -0.05) is 48.5 Å². The second-order valence-corrected chi connectivity index (χ2v) is 5.00. The van der Waals surface area contributed by atoms with Gasteiger partial charge in [0.15, 0.2) is 0 Å². The summed E-state index contributed by atoms with van der Waals surface area (Å²) in [5.74, 6) is 0. The highest BCUT2D eigenvalue weighted by atomic mass is 14.9. The van der Waals surface area contributed by atoms with Crippen LogP contribution < -0.4 is 0 Å². The van der Waals surface area contributed by atoms with Gasteiger partial charge in [-0.15, -0.1) is 0 Å². The summed E-state index contributed by atoms with van der Waals surface area (Å²) in [6.45, 7) is 0. The summed E-state index contributed by atoms with van der Waals surface area (Å²) >= 11 is 0. The molecule has 2 heteroatoms. The Balaban J connectivity index is 2.36. The second kappa shape index (κ2) is 3.04. The Kier molecular flexibility index (Phi) is 1.49. The fraction of sp³-hybridized carbons (Fsp3) is 0. The first kappa shape index (κ1) is 9.34. The van der Waals surface area contributed by atoms with Crippen molar-refractivity contribution in [2.75, 3.05) is 0 Å². The number of H-pyrrole nitrogens is 1. The minimum absolute atomic E-state index is 1.07. The lowest BCUT2D eigenvalue weighted by atomic mass is 9.93. The average molecular weight is 242 g/mol. The number of aromatic nitrogens is 2. The van der Waals surface area contributed by atoms with Crippen molar-refractivity contribution >= 4 is 43.4 Å². The van der Waals surface area contributed by atoms with Gasteiger partial charge in [0.2, 0.25) is 0 Å². The van der Waals surface area contributed by atoms with Crippen LogP contribution in [0.25, 0.3) is 43.4 Å². The van der Waals surface area contributed by atoms with Crippen molar-refractivity contribution in [2.24, 2.45) is 0 Å². The Bertz CT molecular complexity index is 972. The monoisotopic (exact) mass is 242 g/mol. The highest BCUT2D eigenvalue weighted by molar-refractivity contribution is 6.32. The number of hydrogen-bond acceptors (Lipinski definition) is 1. The molecule has 0 amide bonds. The van der Waals surface area contributed by atoms with Crippen LogP contribution in [0.3, 0.4) is 0 Å². The number of benzene rings is 4. The Hall–Kier alpha value is -2.61. The lowest BCUT2D eigenvalue weighted by molar-refractivity contribution is 1.35. The molecule has 19 heavy (non-hydrogen) atoms. The van der Waals surface area contributed by atoms with Crippen LogP contribution >= 0.6 is 0 Å². The van der Waals surface area contributed by atoms with Crippen molar-refractivity contribution in [3.8, 4) is 0 Å². The molecule has 88 valence electrons. The number of hydrogen-bond donors (Lipinski definition) is 1. The van der Waals surface area contributed by atoms with Gasteiger partial charge in [0.25, 0.3) is 0 Å².